The van der Waals surface area contributed by atoms with Crippen LogP contribution in [-0.2, 0) is 6.42 Å². The van der Waals surface area contributed by atoms with Crippen LogP contribution in [0.4, 0.5) is 0 Å². The van der Waals surface area contributed by atoms with Gasteiger partial charge in [0.25, 0.3) is 0 Å². The first kappa shape index (κ1) is 14.6. The first-order valence-corrected chi connectivity index (χ1v) is 7.82. The van der Waals surface area contributed by atoms with Gasteiger partial charge in [-0.3, -0.25) is 0 Å². The molecule has 0 atom stereocenters. The first-order chi connectivity index (χ1) is 10.9. The van der Waals surface area contributed by atoms with E-state index in [9.17, 15) is 5.26 Å². The molecule has 22 heavy (non-hydrogen) atoms. The molecule has 3 rings (SSSR count). The maximum Gasteiger partial charge on any atom is 0.145 e. The fraction of sp³-hybridized carbons (Fsp3) is 0.316. The Bertz CT molecular complexity index is 669. The summed E-state index contributed by atoms with van der Waals surface area (Å²) in [5.74, 6) is 2.20. The van der Waals surface area contributed by atoms with Crippen LogP contribution in [-0.4, -0.2) is 13.1 Å². The van der Waals surface area contributed by atoms with Crippen molar-refractivity contribution in [3.05, 3.63) is 59.7 Å². The van der Waals surface area contributed by atoms with Crippen LogP contribution in [0.2, 0.25) is 0 Å². The second-order valence-electron chi connectivity index (χ2n) is 5.72. The number of rotatable bonds is 4. The van der Waals surface area contributed by atoms with Crippen molar-refractivity contribution < 1.29 is 4.74 Å². The maximum atomic E-state index is 9.19. The molecule has 0 amide bonds. The molecule has 1 fully saturated rings. The summed E-state index contributed by atoms with van der Waals surface area (Å²) in [6.07, 6.45) is 3.46. The highest BCUT2D eigenvalue weighted by atomic mass is 16.5. The van der Waals surface area contributed by atoms with E-state index in [0.29, 0.717) is 17.2 Å². The van der Waals surface area contributed by atoms with Crippen molar-refractivity contribution in [3.8, 4) is 17.6 Å². The maximum absolute atomic E-state index is 9.19. The summed E-state index contributed by atoms with van der Waals surface area (Å²) < 4.78 is 6.03. The molecular formula is C19H20N2O. The SMILES string of the molecule is N#Cc1ccccc1Oc1ccccc1CC1CCNCC1. The van der Waals surface area contributed by atoms with Crippen molar-refractivity contribution in [1.29, 1.82) is 5.26 Å². The molecule has 3 heteroatoms. The van der Waals surface area contributed by atoms with Gasteiger partial charge in [0, 0.05) is 0 Å². The van der Waals surface area contributed by atoms with E-state index in [1.54, 1.807) is 6.07 Å². The van der Waals surface area contributed by atoms with E-state index in [1.807, 2.05) is 30.3 Å². The normalized spacial score (nSPS) is 15.2. The molecule has 2 aromatic rings. The number of piperidine rings is 1. The summed E-state index contributed by atoms with van der Waals surface area (Å²) in [6, 6.07) is 17.7. The highest BCUT2D eigenvalue weighted by molar-refractivity contribution is 5.46. The van der Waals surface area contributed by atoms with Crippen LogP contribution in [0.15, 0.2) is 48.5 Å². The van der Waals surface area contributed by atoms with Crippen molar-refractivity contribution in [2.45, 2.75) is 19.3 Å². The molecule has 0 bridgehead atoms. The minimum Gasteiger partial charge on any atom is -0.456 e. The molecule has 0 aromatic heterocycles. The summed E-state index contributed by atoms with van der Waals surface area (Å²) in [7, 11) is 0. The fourth-order valence-electron chi connectivity index (χ4n) is 2.94. The monoisotopic (exact) mass is 292 g/mol. The zero-order valence-corrected chi connectivity index (χ0v) is 12.6. The molecule has 112 valence electrons. The van der Waals surface area contributed by atoms with Crippen LogP contribution in [0.1, 0.15) is 24.0 Å². The lowest BCUT2D eigenvalue weighted by atomic mass is 9.90. The quantitative estimate of drug-likeness (QED) is 0.929. The largest absolute Gasteiger partial charge is 0.456 e. The smallest absolute Gasteiger partial charge is 0.145 e. The van der Waals surface area contributed by atoms with E-state index in [4.69, 9.17) is 4.74 Å². The van der Waals surface area contributed by atoms with Crippen molar-refractivity contribution in [3.63, 3.8) is 0 Å². The third kappa shape index (κ3) is 3.47. The number of hydrogen-bond donors (Lipinski definition) is 1. The molecule has 1 N–H and O–H groups in total. The third-order valence-corrected chi connectivity index (χ3v) is 4.17. The van der Waals surface area contributed by atoms with Crippen molar-refractivity contribution >= 4 is 0 Å². The molecule has 1 aliphatic rings. The van der Waals surface area contributed by atoms with Gasteiger partial charge in [-0.2, -0.15) is 5.26 Å². The van der Waals surface area contributed by atoms with Crippen molar-refractivity contribution in [2.24, 2.45) is 5.92 Å². The molecule has 1 heterocycles. The summed E-state index contributed by atoms with van der Waals surface area (Å²) in [6.45, 7) is 2.20. The lowest BCUT2D eigenvalue weighted by molar-refractivity contribution is 0.367. The van der Waals surface area contributed by atoms with Gasteiger partial charge < -0.3 is 10.1 Å². The third-order valence-electron chi connectivity index (χ3n) is 4.17. The highest BCUT2D eigenvalue weighted by Gasteiger charge is 2.16. The van der Waals surface area contributed by atoms with E-state index in [1.165, 1.54) is 18.4 Å². The number of nitriles is 1. The number of ether oxygens (including phenoxy) is 1. The lowest BCUT2D eigenvalue weighted by Gasteiger charge is -2.23. The van der Waals surface area contributed by atoms with E-state index < -0.39 is 0 Å². The predicted molar refractivity (Wildman–Crippen MR) is 87.0 cm³/mol. The van der Waals surface area contributed by atoms with E-state index in [2.05, 4.69) is 23.5 Å². The molecule has 0 radical (unpaired) electrons. The highest BCUT2D eigenvalue weighted by Crippen LogP contribution is 2.30. The molecular weight excluding hydrogens is 272 g/mol. The zero-order chi connectivity index (χ0) is 15.2. The summed E-state index contributed by atoms with van der Waals surface area (Å²) in [5, 5.41) is 12.6. The number of para-hydroxylation sites is 2. The summed E-state index contributed by atoms with van der Waals surface area (Å²) >= 11 is 0. The van der Waals surface area contributed by atoms with Gasteiger partial charge in [-0.15, -0.1) is 0 Å². The molecule has 0 saturated carbocycles. The molecule has 0 unspecified atom stereocenters. The van der Waals surface area contributed by atoms with Crippen LogP contribution in [0.25, 0.3) is 0 Å². The number of nitrogens with one attached hydrogen (secondary N) is 1. The molecule has 2 aromatic carbocycles. The summed E-state index contributed by atoms with van der Waals surface area (Å²) in [5.41, 5.74) is 1.79. The van der Waals surface area contributed by atoms with E-state index >= 15 is 0 Å². The van der Waals surface area contributed by atoms with Crippen LogP contribution < -0.4 is 10.1 Å². The molecule has 0 spiro atoms. The van der Waals surface area contributed by atoms with Crippen molar-refractivity contribution in [2.75, 3.05) is 13.1 Å². The molecule has 0 aliphatic carbocycles. The average molecular weight is 292 g/mol. The number of nitrogens with zero attached hydrogens (tertiary/aromatic N) is 1. The first-order valence-electron chi connectivity index (χ1n) is 7.82. The van der Waals surface area contributed by atoms with Crippen LogP contribution >= 0.6 is 0 Å². The Morgan fingerprint density at radius 2 is 1.68 bits per heavy atom. The standard InChI is InChI=1S/C19H20N2O/c20-14-17-6-2-4-8-19(17)22-18-7-3-1-5-16(18)13-15-9-11-21-12-10-15/h1-8,15,21H,9-13H2. The Balaban J connectivity index is 1.80. The Labute approximate surface area is 131 Å². The van der Waals surface area contributed by atoms with E-state index in [0.717, 1.165) is 25.3 Å². The Morgan fingerprint density at radius 1 is 1.00 bits per heavy atom. The van der Waals surface area contributed by atoms with Gasteiger partial charge in [-0.1, -0.05) is 30.3 Å². The fourth-order valence-corrected chi connectivity index (χ4v) is 2.94. The predicted octanol–water partition coefficient (Wildman–Crippen LogP) is 3.89. The van der Waals surface area contributed by atoms with Crippen LogP contribution in [0, 0.1) is 17.2 Å². The minimum atomic E-state index is 0.569. The van der Waals surface area contributed by atoms with Gasteiger partial charge in [0.2, 0.25) is 0 Å². The Hall–Kier alpha value is -2.31. The summed E-state index contributed by atoms with van der Waals surface area (Å²) in [4.78, 5) is 0. The van der Waals surface area contributed by atoms with Gasteiger partial charge in [-0.05, 0) is 62.0 Å². The average Bonchev–Trinajstić information content (AvgIpc) is 2.58. The van der Waals surface area contributed by atoms with Gasteiger partial charge >= 0.3 is 0 Å². The Kier molecular flexibility index (Phi) is 4.72. The minimum absolute atomic E-state index is 0.569. The molecule has 1 aliphatic heterocycles. The Morgan fingerprint density at radius 3 is 2.45 bits per heavy atom. The van der Waals surface area contributed by atoms with Crippen LogP contribution in [0.5, 0.6) is 11.5 Å². The van der Waals surface area contributed by atoms with Gasteiger partial charge in [0.05, 0.1) is 5.56 Å². The van der Waals surface area contributed by atoms with Gasteiger partial charge in [-0.25, -0.2) is 0 Å². The van der Waals surface area contributed by atoms with Gasteiger partial charge in [0.15, 0.2) is 0 Å². The molecule has 3 nitrogen and oxygen atoms in total. The lowest BCUT2D eigenvalue weighted by Crippen LogP contribution is -2.28. The topological polar surface area (TPSA) is 45.0 Å². The number of hydrogen-bond acceptors (Lipinski definition) is 3. The van der Waals surface area contributed by atoms with Gasteiger partial charge in [0.1, 0.15) is 17.6 Å². The zero-order valence-electron chi connectivity index (χ0n) is 12.6. The van der Waals surface area contributed by atoms with Crippen molar-refractivity contribution in [1.82, 2.24) is 5.32 Å². The van der Waals surface area contributed by atoms with Crippen LogP contribution in [0.3, 0.4) is 0 Å². The second-order valence-corrected chi connectivity index (χ2v) is 5.72. The molecule has 1 saturated heterocycles. The second kappa shape index (κ2) is 7.11. The number of benzene rings is 2. The van der Waals surface area contributed by atoms with E-state index in [-0.39, 0.29) is 0 Å².